The highest BCUT2D eigenvalue weighted by molar-refractivity contribution is 5.70. The third-order valence-corrected chi connectivity index (χ3v) is 2.79. The zero-order valence-electron chi connectivity index (χ0n) is 12.3. The molecule has 2 heterocycles. The lowest BCUT2D eigenvalue weighted by molar-refractivity contribution is -0.148. The summed E-state index contributed by atoms with van der Waals surface area (Å²) in [7, 11) is 0. The van der Waals surface area contributed by atoms with Gasteiger partial charge in [-0.05, 0) is 24.2 Å². The maximum absolute atomic E-state index is 11.6. The van der Waals surface area contributed by atoms with E-state index in [9.17, 15) is 4.79 Å². The number of esters is 1. The molecule has 3 aromatic rings. The third-order valence-electron chi connectivity index (χ3n) is 2.79. The summed E-state index contributed by atoms with van der Waals surface area (Å²) in [6.07, 6.45) is 0. The molecular weight excluding hydrogens is 302 g/mol. The summed E-state index contributed by atoms with van der Waals surface area (Å²) < 4.78 is 20.3. The van der Waals surface area contributed by atoms with Gasteiger partial charge in [0, 0.05) is 11.6 Å². The number of hydrogen-bond donors (Lipinski definition) is 0. The molecule has 0 bridgehead atoms. The minimum absolute atomic E-state index is 0.125. The lowest BCUT2D eigenvalue weighted by Gasteiger charge is -2.02. The smallest absolute Gasteiger partial charge is 0.344 e. The van der Waals surface area contributed by atoms with Crippen molar-refractivity contribution in [2.24, 2.45) is 0 Å². The monoisotopic (exact) mass is 315 g/mol. The van der Waals surface area contributed by atoms with Crippen LogP contribution in [0.2, 0.25) is 0 Å². The van der Waals surface area contributed by atoms with Gasteiger partial charge in [-0.2, -0.15) is 0 Å². The van der Waals surface area contributed by atoms with Crippen LogP contribution < -0.4 is 4.74 Å². The molecule has 0 spiro atoms. The standard InChI is InChI=1S/C15H13N3O5/c1-10-7-12(18-23-10)20-9-14(19)21-8-13-16-17-15(22-13)11-5-3-2-4-6-11/h2-7H,8-9H2,1H3. The van der Waals surface area contributed by atoms with Crippen LogP contribution in [0.5, 0.6) is 5.88 Å². The molecular formula is C15H13N3O5. The van der Waals surface area contributed by atoms with Crippen LogP contribution in [0.1, 0.15) is 11.7 Å². The van der Waals surface area contributed by atoms with Gasteiger partial charge in [0.1, 0.15) is 5.76 Å². The topological polar surface area (TPSA) is 100 Å². The Labute approximate surface area is 131 Å². The number of carbonyl (C=O) groups excluding carboxylic acids is 1. The highest BCUT2D eigenvalue weighted by Gasteiger charge is 2.12. The van der Waals surface area contributed by atoms with Crippen molar-refractivity contribution in [1.29, 1.82) is 0 Å². The van der Waals surface area contributed by atoms with E-state index >= 15 is 0 Å². The Morgan fingerprint density at radius 2 is 2.04 bits per heavy atom. The molecule has 8 nitrogen and oxygen atoms in total. The Morgan fingerprint density at radius 1 is 1.22 bits per heavy atom. The molecule has 2 aromatic heterocycles. The van der Waals surface area contributed by atoms with E-state index in [1.807, 2.05) is 30.3 Å². The summed E-state index contributed by atoms with van der Waals surface area (Å²) >= 11 is 0. The fourth-order valence-corrected chi connectivity index (χ4v) is 1.74. The molecule has 0 N–H and O–H groups in total. The molecule has 0 saturated carbocycles. The Morgan fingerprint density at radius 3 is 2.78 bits per heavy atom. The van der Waals surface area contributed by atoms with Gasteiger partial charge >= 0.3 is 5.97 Å². The Kier molecular flexibility index (Phi) is 4.32. The fraction of sp³-hybridized carbons (Fsp3) is 0.200. The molecule has 0 fully saturated rings. The van der Waals surface area contributed by atoms with E-state index in [-0.39, 0.29) is 25.0 Å². The van der Waals surface area contributed by atoms with E-state index in [0.717, 1.165) is 5.56 Å². The van der Waals surface area contributed by atoms with Crippen LogP contribution >= 0.6 is 0 Å². The van der Waals surface area contributed by atoms with Crippen molar-refractivity contribution < 1.29 is 23.2 Å². The summed E-state index contributed by atoms with van der Waals surface area (Å²) in [5, 5.41) is 11.3. The molecule has 3 rings (SSSR count). The van der Waals surface area contributed by atoms with Crippen molar-refractivity contribution in [1.82, 2.24) is 15.4 Å². The zero-order valence-corrected chi connectivity index (χ0v) is 12.3. The number of ether oxygens (including phenoxy) is 2. The first-order valence-electron chi connectivity index (χ1n) is 6.80. The number of benzene rings is 1. The van der Waals surface area contributed by atoms with E-state index < -0.39 is 5.97 Å². The summed E-state index contributed by atoms with van der Waals surface area (Å²) in [6.45, 7) is 1.31. The van der Waals surface area contributed by atoms with Crippen LogP contribution in [-0.4, -0.2) is 27.9 Å². The second kappa shape index (κ2) is 6.73. The minimum Gasteiger partial charge on any atom is -0.463 e. The van der Waals surface area contributed by atoms with Gasteiger partial charge in [0.2, 0.25) is 5.89 Å². The number of aryl methyl sites for hydroxylation is 1. The number of aromatic nitrogens is 3. The third kappa shape index (κ3) is 3.94. The van der Waals surface area contributed by atoms with Crippen molar-refractivity contribution in [2.45, 2.75) is 13.5 Å². The van der Waals surface area contributed by atoms with Crippen molar-refractivity contribution in [2.75, 3.05) is 6.61 Å². The molecule has 0 aliphatic heterocycles. The van der Waals surface area contributed by atoms with Crippen LogP contribution in [-0.2, 0) is 16.1 Å². The summed E-state index contributed by atoms with van der Waals surface area (Å²) in [5.41, 5.74) is 0.794. The van der Waals surface area contributed by atoms with Crippen molar-refractivity contribution in [3.05, 3.63) is 48.0 Å². The first-order chi connectivity index (χ1) is 11.2. The van der Waals surface area contributed by atoms with E-state index in [1.165, 1.54) is 0 Å². The van der Waals surface area contributed by atoms with E-state index in [0.29, 0.717) is 11.7 Å². The summed E-state index contributed by atoms with van der Waals surface area (Å²) in [5.74, 6) is 0.807. The Balaban J connectivity index is 1.48. The van der Waals surface area contributed by atoms with Gasteiger partial charge in [0.05, 0.1) is 0 Å². The maximum atomic E-state index is 11.6. The highest BCUT2D eigenvalue weighted by Crippen LogP contribution is 2.17. The van der Waals surface area contributed by atoms with Gasteiger partial charge in [-0.3, -0.25) is 0 Å². The molecule has 0 radical (unpaired) electrons. The molecule has 23 heavy (non-hydrogen) atoms. The van der Waals surface area contributed by atoms with Gasteiger partial charge in [0.25, 0.3) is 11.8 Å². The molecule has 0 saturated heterocycles. The predicted molar refractivity (Wildman–Crippen MR) is 76.3 cm³/mol. The second-order valence-corrected chi connectivity index (χ2v) is 4.59. The van der Waals surface area contributed by atoms with Crippen LogP contribution in [0.15, 0.2) is 45.3 Å². The largest absolute Gasteiger partial charge is 0.463 e. The number of nitrogens with zero attached hydrogens (tertiary/aromatic N) is 3. The Bertz CT molecular complexity index is 781. The predicted octanol–water partition coefficient (Wildman–Crippen LogP) is 2.16. The van der Waals surface area contributed by atoms with E-state index in [2.05, 4.69) is 15.4 Å². The van der Waals surface area contributed by atoms with Crippen molar-refractivity contribution in [3.63, 3.8) is 0 Å². The van der Waals surface area contributed by atoms with Gasteiger partial charge < -0.3 is 18.4 Å². The van der Waals surface area contributed by atoms with Crippen LogP contribution in [0.4, 0.5) is 0 Å². The number of rotatable bonds is 6. The van der Waals surface area contributed by atoms with Gasteiger partial charge in [-0.15, -0.1) is 10.2 Å². The van der Waals surface area contributed by atoms with E-state index in [1.54, 1.807) is 13.0 Å². The molecule has 0 amide bonds. The van der Waals surface area contributed by atoms with Crippen LogP contribution in [0.3, 0.4) is 0 Å². The van der Waals surface area contributed by atoms with Crippen molar-refractivity contribution >= 4 is 5.97 Å². The lowest BCUT2D eigenvalue weighted by atomic mass is 10.2. The summed E-state index contributed by atoms with van der Waals surface area (Å²) in [4.78, 5) is 11.6. The van der Waals surface area contributed by atoms with Gasteiger partial charge in [-0.25, -0.2) is 4.79 Å². The lowest BCUT2D eigenvalue weighted by Crippen LogP contribution is -2.14. The molecule has 0 unspecified atom stereocenters. The average molecular weight is 315 g/mol. The van der Waals surface area contributed by atoms with Crippen molar-refractivity contribution in [3.8, 4) is 17.3 Å². The van der Waals surface area contributed by atoms with Crippen LogP contribution in [0, 0.1) is 6.92 Å². The molecule has 0 aliphatic rings. The molecule has 0 aliphatic carbocycles. The molecule has 1 aromatic carbocycles. The normalized spacial score (nSPS) is 10.5. The van der Waals surface area contributed by atoms with Crippen LogP contribution in [0.25, 0.3) is 11.5 Å². The zero-order chi connectivity index (χ0) is 16.1. The van der Waals surface area contributed by atoms with Gasteiger partial charge in [0.15, 0.2) is 13.2 Å². The molecule has 118 valence electrons. The van der Waals surface area contributed by atoms with Gasteiger partial charge in [-0.1, -0.05) is 18.2 Å². The fourth-order valence-electron chi connectivity index (χ4n) is 1.74. The number of carbonyl (C=O) groups is 1. The second-order valence-electron chi connectivity index (χ2n) is 4.59. The quantitative estimate of drug-likeness (QED) is 0.638. The molecule has 0 atom stereocenters. The summed E-state index contributed by atoms with van der Waals surface area (Å²) in [6, 6.07) is 10.9. The molecule has 8 heteroatoms. The highest BCUT2D eigenvalue weighted by atomic mass is 16.6. The average Bonchev–Trinajstić information content (AvgIpc) is 3.21. The SMILES string of the molecule is Cc1cc(OCC(=O)OCc2nnc(-c3ccccc3)o2)no1. The first-order valence-corrected chi connectivity index (χ1v) is 6.80. The first kappa shape index (κ1) is 14.8. The Hall–Kier alpha value is -3.16. The van der Waals surface area contributed by atoms with E-state index in [4.69, 9.17) is 18.4 Å². The number of hydrogen-bond acceptors (Lipinski definition) is 8. The maximum Gasteiger partial charge on any atom is 0.344 e. The minimum atomic E-state index is -0.579.